The summed E-state index contributed by atoms with van der Waals surface area (Å²) in [4.78, 5) is 10.3. The Kier molecular flexibility index (Phi) is 6.63. The summed E-state index contributed by atoms with van der Waals surface area (Å²) in [6.45, 7) is 11.3. The molecular formula is C49H38N6. The maximum absolute atomic E-state index is 5.16. The molecule has 0 fully saturated rings. The molecule has 0 bridgehead atoms. The van der Waals surface area contributed by atoms with Crippen LogP contribution in [0, 0.1) is 34.6 Å². The maximum atomic E-state index is 5.16. The van der Waals surface area contributed by atoms with Gasteiger partial charge in [0, 0.05) is 11.4 Å². The van der Waals surface area contributed by atoms with E-state index < -0.39 is 0 Å². The van der Waals surface area contributed by atoms with E-state index in [4.69, 9.17) is 9.97 Å². The van der Waals surface area contributed by atoms with Crippen LogP contribution in [0.4, 0.5) is 0 Å². The topological polar surface area (TPSA) is 44.5 Å². The second-order valence-corrected chi connectivity index (χ2v) is 15.0. The van der Waals surface area contributed by atoms with Crippen LogP contribution in [0.15, 0.2) is 140 Å². The molecule has 0 spiro atoms. The lowest BCUT2D eigenvalue weighted by atomic mass is 9.83. The third kappa shape index (κ3) is 4.42. The first-order valence-corrected chi connectivity index (χ1v) is 18.9. The van der Waals surface area contributed by atoms with Gasteiger partial charge < -0.3 is 0 Å². The fraction of sp³-hybridized carbons (Fsp3) is 0.102. The van der Waals surface area contributed by atoms with Gasteiger partial charge in [0.05, 0.1) is 44.1 Å². The maximum Gasteiger partial charge on any atom is 0.220 e. The molecule has 0 aliphatic rings. The van der Waals surface area contributed by atoms with Gasteiger partial charge in [-0.25, -0.2) is 9.97 Å². The number of rotatable bonds is 4. The lowest BCUT2D eigenvalue weighted by molar-refractivity contribution is 1.10. The number of hydrogen-bond acceptors (Lipinski definition) is 2. The van der Waals surface area contributed by atoms with Gasteiger partial charge in [-0.3, -0.25) is 17.9 Å². The molecule has 0 saturated heterocycles. The number of imidazole rings is 4. The van der Waals surface area contributed by atoms with Crippen LogP contribution in [0.1, 0.15) is 27.8 Å². The molecule has 0 aliphatic carbocycles. The van der Waals surface area contributed by atoms with Gasteiger partial charge >= 0.3 is 0 Å². The summed E-state index contributed by atoms with van der Waals surface area (Å²) in [6.07, 6.45) is 0. The smallest absolute Gasteiger partial charge is 0.220 e. The molecule has 0 aliphatic heterocycles. The SMILES string of the molecule is Cc1cccc(-n2c3ccc(-c4c(C)c(C)c(-c5ccc6c(c5)n5c7ccccc7nc5n6-c5ccccc5)c(C)c4C)cc3n3c4ccccc4nc23)c1. The van der Waals surface area contributed by atoms with Gasteiger partial charge in [0.25, 0.3) is 0 Å². The third-order valence-corrected chi connectivity index (χ3v) is 11.9. The van der Waals surface area contributed by atoms with E-state index in [0.717, 1.165) is 67.1 Å². The van der Waals surface area contributed by atoms with Crippen molar-refractivity contribution < 1.29 is 0 Å². The highest BCUT2D eigenvalue weighted by Gasteiger charge is 2.23. The molecule has 4 heterocycles. The normalized spacial score (nSPS) is 12.1. The molecule has 55 heavy (non-hydrogen) atoms. The Bertz CT molecular complexity index is 3340. The molecule has 11 rings (SSSR count). The van der Waals surface area contributed by atoms with Crippen molar-refractivity contribution in [3.05, 3.63) is 167 Å². The first kappa shape index (κ1) is 31.6. The van der Waals surface area contributed by atoms with Crippen LogP contribution in [-0.4, -0.2) is 27.9 Å². The molecule has 6 heteroatoms. The average molecular weight is 711 g/mol. The molecule has 0 saturated carbocycles. The van der Waals surface area contributed by atoms with E-state index in [1.807, 2.05) is 0 Å². The highest BCUT2D eigenvalue weighted by molar-refractivity contribution is 5.97. The zero-order chi connectivity index (χ0) is 37.1. The zero-order valence-electron chi connectivity index (χ0n) is 31.5. The van der Waals surface area contributed by atoms with E-state index in [1.54, 1.807) is 0 Å². The molecule has 0 N–H and O–H groups in total. The highest BCUT2D eigenvalue weighted by Crippen LogP contribution is 2.42. The van der Waals surface area contributed by atoms with Crippen molar-refractivity contribution in [3.63, 3.8) is 0 Å². The predicted octanol–water partition coefficient (Wildman–Crippen LogP) is 12.1. The summed E-state index contributed by atoms with van der Waals surface area (Å²) in [7, 11) is 0. The fourth-order valence-electron chi connectivity index (χ4n) is 9.14. The van der Waals surface area contributed by atoms with Crippen molar-refractivity contribution in [2.75, 3.05) is 0 Å². The fourth-order valence-corrected chi connectivity index (χ4v) is 9.14. The monoisotopic (exact) mass is 710 g/mol. The van der Waals surface area contributed by atoms with Crippen LogP contribution >= 0.6 is 0 Å². The Balaban J connectivity index is 1.12. The van der Waals surface area contributed by atoms with E-state index in [-0.39, 0.29) is 0 Å². The second kappa shape index (κ2) is 11.5. The van der Waals surface area contributed by atoms with Crippen LogP contribution in [0.25, 0.3) is 89.3 Å². The molecule has 0 radical (unpaired) electrons. The molecule has 0 atom stereocenters. The lowest BCUT2D eigenvalue weighted by Crippen LogP contribution is -2.00. The van der Waals surface area contributed by atoms with Crippen molar-refractivity contribution >= 4 is 55.7 Å². The molecule has 264 valence electrons. The number of nitrogens with zero attached hydrogens (tertiary/aromatic N) is 6. The minimum Gasteiger partial charge on any atom is -0.278 e. The summed E-state index contributed by atoms with van der Waals surface area (Å²) >= 11 is 0. The Hall–Kier alpha value is -6.92. The van der Waals surface area contributed by atoms with Crippen LogP contribution in [-0.2, 0) is 0 Å². The summed E-state index contributed by atoms with van der Waals surface area (Å²) < 4.78 is 9.22. The summed E-state index contributed by atoms with van der Waals surface area (Å²) in [6, 6.07) is 50.0. The summed E-state index contributed by atoms with van der Waals surface area (Å²) in [5.41, 5.74) is 22.4. The van der Waals surface area contributed by atoms with Gasteiger partial charge in [0.1, 0.15) is 0 Å². The number of fused-ring (bicyclic) bond motifs is 10. The van der Waals surface area contributed by atoms with Crippen LogP contribution in [0.5, 0.6) is 0 Å². The Morgan fingerprint density at radius 3 is 1.33 bits per heavy atom. The van der Waals surface area contributed by atoms with Gasteiger partial charge in [0.2, 0.25) is 11.6 Å². The Labute approximate surface area is 318 Å². The lowest BCUT2D eigenvalue weighted by Gasteiger charge is -2.21. The van der Waals surface area contributed by atoms with Crippen molar-refractivity contribution in [1.29, 1.82) is 0 Å². The number of para-hydroxylation sites is 5. The number of benzene rings is 7. The van der Waals surface area contributed by atoms with Crippen LogP contribution < -0.4 is 0 Å². The molecule has 0 unspecified atom stereocenters. The van der Waals surface area contributed by atoms with Crippen molar-refractivity contribution in [2.45, 2.75) is 34.6 Å². The largest absolute Gasteiger partial charge is 0.278 e. The van der Waals surface area contributed by atoms with Crippen LogP contribution in [0.2, 0.25) is 0 Å². The molecule has 7 aromatic carbocycles. The molecule has 0 amide bonds. The Morgan fingerprint density at radius 2 is 0.818 bits per heavy atom. The number of aryl methyl sites for hydroxylation is 1. The Morgan fingerprint density at radius 1 is 0.364 bits per heavy atom. The van der Waals surface area contributed by atoms with Crippen molar-refractivity contribution in [3.8, 4) is 33.6 Å². The third-order valence-electron chi connectivity index (χ3n) is 11.9. The second-order valence-electron chi connectivity index (χ2n) is 15.0. The van der Waals surface area contributed by atoms with E-state index >= 15 is 0 Å². The van der Waals surface area contributed by atoms with E-state index in [2.05, 4.69) is 192 Å². The van der Waals surface area contributed by atoms with Gasteiger partial charge in [-0.2, -0.15) is 0 Å². The van der Waals surface area contributed by atoms with Crippen LogP contribution in [0.3, 0.4) is 0 Å². The standard InChI is InChI=1S/C49H38N6/c1-29-14-13-17-37(26-29)53-43-25-23-35(28-45(43)55-41-21-12-10-19-39(41)51-49(53)55)47-32(4)30(2)46(31(3)33(47)5)34-22-24-42-44(27-34)54-40-20-11-9-18-38(40)50-48(54)52(42)36-15-7-6-8-16-36/h6-28H,1-5H3. The predicted molar refractivity (Wildman–Crippen MR) is 227 cm³/mol. The van der Waals surface area contributed by atoms with Gasteiger partial charge in [-0.05, 0) is 157 Å². The summed E-state index contributed by atoms with van der Waals surface area (Å²) in [5, 5.41) is 0. The number of hydrogen-bond donors (Lipinski definition) is 0. The van der Waals surface area contributed by atoms with E-state index in [9.17, 15) is 0 Å². The number of aromatic nitrogens is 6. The first-order valence-electron chi connectivity index (χ1n) is 18.9. The van der Waals surface area contributed by atoms with Gasteiger partial charge in [0.15, 0.2) is 0 Å². The van der Waals surface area contributed by atoms with E-state index in [1.165, 1.54) is 50.1 Å². The molecule has 11 aromatic rings. The van der Waals surface area contributed by atoms with Gasteiger partial charge in [-0.15, -0.1) is 0 Å². The molecule has 4 aromatic heterocycles. The molecular weight excluding hydrogens is 673 g/mol. The summed E-state index contributed by atoms with van der Waals surface area (Å²) in [5.74, 6) is 1.84. The average Bonchev–Trinajstić information content (AvgIpc) is 3.94. The minimum atomic E-state index is 0.919. The van der Waals surface area contributed by atoms with Crippen molar-refractivity contribution in [2.24, 2.45) is 0 Å². The zero-order valence-corrected chi connectivity index (χ0v) is 31.5. The van der Waals surface area contributed by atoms with Gasteiger partial charge in [-0.1, -0.05) is 66.7 Å². The minimum absolute atomic E-state index is 0.919. The van der Waals surface area contributed by atoms with E-state index in [0.29, 0.717) is 0 Å². The highest BCUT2D eigenvalue weighted by atomic mass is 15.2. The quantitative estimate of drug-likeness (QED) is 0.182. The first-order chi connectivity index (χ1) is 26.9. The molecule has 6 nitrogen and oxygen atoms in total. The van der Waals surface area contributed by atoms with Crippen molar-refractivity contribution in [1.82, 2.24) is 27.9 Å².